The van der Waals surface area contributed by atoms with Crippen LogP contribution in [0.5, 0.6) is 11.5 Å². The molecule has 1 aliphatic carbocycles. The van der Waals surface area contributed by atoms with E-state index in [1.807, 2.05) is 36.4 Å². The first-order chi connectivity index (χ1) is 15.1. The summed E-state index contributed by atoms with van der Waals surface area (Å²) in [5.41, 5.74) is 0.928. The number of carbonyl (C=O) groups excluding carboxylic acids is 2. The van der Waals surface area contributed by atoms with Crippen molar-refractivity contribution in [2.45, 2.75) is 31.5 Å². The van der Waals surface area contributed by atoms with Gasteiger partial charge in [0.05, 0.1) is 13.0 Å². The molecular formula is C25H24O6. The molecule has 1 fully saturated rings. The van der Waals surface area contributed by atoms with Crippen LogP contribution in [-0.4, -0.2) is 31.1 Å². The molecule has 2 aromatic carbocycles. The summed E-state index contributed by atoms with van der Waals surface area (Å²) in [6.45, 7) is 0. The van der Waals surface area contributed by atoms with E-state index < -0.39 is 5.97 Å². The zero-order chi connectivity index (χ0) is 21.6. The van der Waals surface area contributed by atoms with Crippen LogP contribution in [0, 0.1) is 5.92 Å². The Morgan fingerprint density at radius 1 is 1.03 bits per heavy atom. The lowest BCUT2D eigenvalue weighted by Gasteiger charge is -2.36. The molecule has 3 unspecified atom stereocenters. The van der Waals surface area contributed by atoms with Crippen LogP contribution < -0.4 is 9.47 Å². The number of para-hydroxylation sites is 2. The predicted molar refractivity (Wildman–Crippen MR) is 114 cm³/mol. The van der Waals surface area contributed by atoms with E-state index in [2.05, 4.69) is 0 Å². The third kappa shape index (κ3) is 4.97. The summed E-state index contributed by atoms with van der Waals surface area (Å²) < 4.78 is 22.4. The molecule has 0 saturated heterocycles. The lowest BCUT2D eigenvalue weighted by Crippen LogP contribution is -2.42. The van der Waals surface area contributed by atoms with Crippen molar-refractivity contribution in [3.63, 3.8) is 0 Å². The van der Waals surface area contributed by atoms with Gasteiger partial charge in [0.1, 0.15) is 18.5 Å². The molecule has 31 heavy (non-hydrogen) atoms. The highest BCUT2D eigenvalue weighted by Gasteiger charge is 2.42. The molecule has 0 radical (unpaired) electrons. The van der Waals surface area contributed by atoms with Gasteiger partial charge in [-0.3, -0.25) is 4.79 Å². The third-order valence-corrected chi connectivity index (χ3v) is 5.46. The van der Waals surface area contributed by atoms with E-state index in [1.54, 1.807) is 31.4 Å². The van der Waals surface area contributed by atoms with Crippen molar-refractivity contribution in [1.82, 2.24) is 0 Å². The first-order valence-corrected chi connectivity index (χ1v) is 10.3. The van der Waals surface area contributed by atoms with Gasteiger partial charge in [-0.2, -0.15) is 0 Å². The Kier molecular flexibility index (Phi) is 6.36. The van der Waals surface area contributed by atoms with Crippen molar-refractivity contribution in [3.8, 4) is 11.5 Å². The molecule has 2 aromatic rings. The highest BCUT2D eigenvalue weighted by atomic mass is 16.6. The minimum Gasteiger partial charge on any atom is -0.493 e. The maximum Gasteiger partial charge on any atom is 0.331 e. The molecular weight excluding hydrogens is 396 g/mol. The van der Waals surface area contributed by atoms with Crippen molar-refractivity contribution < 1.29 is 28.5 Å². The smallest absolute Gasteiger partial charge is 0.331 e. The van der Waals surface area contributed by atoms with E-state index in [-0.39, 0.29) is 29.7 Å². The maximum atomic E-state index is 12.9. The fourth-order valence-corrected chi connectivity index (χ4v) is 3.87. The fourth-order valence-electron chi connectivity index (χ4n) is 3.87. The summed E-state index contributed by atoms with van der Waals surface area (Å²) in [5, 5.41) is 0. The second-order valence-corrected chi connectivity index (χ2v) is 7.50. The molecule has 1 heterocycles. The van der Waals surface area contributed by atoms with Crippen LogP contribution in [0.15, 0.2) is 72.7 Å². The number of hydrogen-bond acceptors (Lipinski definition) is 6. The molecule has 0 N–H and O–H groups in total. The molecule has 0 spiro atoms. The van der Waals surface area contributed by atoms with E-state index in [1.165, 1.54) is 12.3 Å². The Balaban J connectivity index is 1.35. The number of benzene rings is 2. The van der Waals surface area contributed by atoms with E-state index in [4.69, 9.17) is 18.9 Å². The van der Waals surface area contributed by atoms with Gasteiger partial charge in [-0.1, -0.05) is 42.5 Å². The van der Waals surface area contributed by atoms with Gasteiger partial charge in [0.2, 0.25) is 11.5 Å². The van der Waals surface area contributed by atoms with Crippen LogP contribution in [0.25, 0.3) is 6.08 Å². The number of Topliss-reactive ketones (excluding diaryl/α,β-unsaturated/α-hetero) is 1. The van der Waals surface area contributed by atoms with Crippen LogP contribution in [0.4, 0.5) is 0 Å². The summed E-state index contributed by atoms with van der Waals surface area (Å²) >= 11 is 0. The Bertz CT molecular complexity index is 994. The van der Waals surface area contributed by atoms with Crippen molar-refractivity contribution in [1.29, 1.82) is 0 Å². The first-order valence-electron chi connectivity index (χ1n) is 10.3. The summed E-state index contributed by atoms with van der Waals surface area (Å²) in [6, 6.07) is 16.7. The van der Waals surface area contributed by atoms with Gasteiger partial charge >= 0.3 is 5.97 Å². The third-order valence-electron chi connectivity index (χ3n) is 5.46. The molecule has 2 aliphatic rings. The van der Waals surface area contributed by atoms with Gasteiger partial charge in [-0.25, -0.2) is 4.79 Å². The molecule has 3 atom stereocenters. The van der Waals surface area contributed by atoms with Gasteiger partial charge in [0.15, 0.2) is 11.5 Å². The molecule has 6 nitrogen and oxygen atoms in total. The van der Waals surface area contributed by atoms with Gasteiger partial charge in [-0.15, -0.1) is 0 Å². The average molecular weight is 420 g/mol. The number of fused-ring (bicyclic) bond motifs is 1. The van der Waals surface area contributed by atoms with E-state index in [9.17, 15) is 9.59 Å². The highest BCUT2D eigenvalue weighted by Crippen LogP contribution is 2.36. The standard InChI is InChI=1S/C25H24O6/c1-28-20-9-5-6-10-21(20)31-23-16-29-22-15-18(12-13-19(22)25(23)27)30-24(26)14-11-17-7-3-2-4-8-17/h2-11,14,16,18-19,22H,12-13,15H2,1H3/b14-11+. The first kappa shape index (κ1) is 20.7. The zero-order valence-corrected chi connectivity index (χ0v) is 17.2. The Morgan fingerprint density at radius 2 is 1.77 bits per heavy atom. The second kappa shape index (κ2) is 9.51. The van der Waals surface area contributed by atoms with E-state index in [0.29, 0.717) is 30.8 Å². The van der Waals surface area contributed by atoms with Crippen molar-refractivity contribution in [2.75, 3.05) is 7.11 Å². The summed E-state index contributed by atoms with van der Waals surface area (Å²) in [7, 11) is 1.55. The number of methoxy groups -OCH3 is 1. The Labute approximate surface area is 181 Å². The van der Waals surface area contributed by atoms with Crippen LogP contribution in [0.2, 0.25) is 0 Å². The number of esters is 1. The van der Waals surface area contributed by atoms with Crippen LogP contribution in [0.1, 0.15) is 24.8 Å². The van der Waals surface area contributed by atoms with Gasteiger partial charge in [0.25, 0.3) is 0 Å². The predicted octanol–water partition coefficient (Wildman–Crippen LogP) is 4.31. The number of allylic oxidation sites excluding steroid dienone is 1. The summed E-state index contributed by atoms with van der Waals surface area (Å²) in [4.78, 5) is 25.1. The number of carbonyl (C=O) groups is 2. The molecule has 0 bridgehead atoms. The molecule has 4 rings (SSSR count). The van der Waals surface area contributed by atoms with E-state index in [0.717, 1.165) is 5.56 Å². The topological polar surface area (TPSA) is 71.1 Å². The van der Waals surface area contributed by atoms with Crippen LogP contribution >= 0.6 is 0 Å². The monoisotopic (exact) mass is 420 g/mol. The van der Waals surface area contributed by atoms with Crippen molar-refractivity contribution in [3.05, 3.63) is 78.3 Å². The molecule has 160 valence electrons. The van der Waals surface area contributed by atoms with Gasteiger partial charge in [-0.05, 0) is 36.6 Å². The second-order valence-electron chi connectivity index (χ2n) is 7.50. The highest BCUT2D eigenvalue weighted by molar-refractivity contribution is 5.96. The maximum absolute atomic E-state index is 12.9. The van der Waals surface area contributed by atoms with Crippen molar-refractivity contribution in [2.24, 2.45) is 5.92 Å². The number of rotatable bonds is 6. The van der Waals surface area contributed by atoms with Crippen LogP contribution in [0.3, 0.4) is 0 Å². The molecule has 6 heteroatoms. The lowest BCUT2D eigenvalue weighted by molar-refractivity contribution is -0.149. The number of ketones is 1. The number of hydrogen-bond donors (Lipinski definition) is 0. The quantitative estimate of drug-likeness (QED) is 0.512. The SMILES string of the molecule is COc1ccccc1OC1=COC2CC(OC(=O)/C=C/c3ccccc3)CCC2C1=O. The van der Waals surface area contributed by atoms with Gasteiger partial charge < -0.3 is 18.9 Å². The zero-order valence-electron chi connectivity index (χ0n) is 17.2. The average Bonchev–Trinajstić information content (AvgIpc) is 2.80. The largest absolute Gasteiger partial charge is 0.493 e. The minimum atomic E-state index is -0.398. The molecule has 0 amide bonds. The summed E-state index contributed by atoms with van der Waals surface area (Å²) in [6.07, 6.45) is 5.52. The van der Waals surface area contributed by atoms with Crippen molar-refractivity contribution >= 4 is 17.8 Å². The molecule has 0 aromatic heterocycles. The van der Waals surface area contributed by atoms with E-state index >= 15 is 0 Å². The minimum absolute atomic E-state index is 0.101. The Morgan fingerprint density at radius 3 is 2.55 bits per heavy atom. The Hall–Kier alpha value is -3.54. The molecule has 1 saturated carbocycles. The fraction of sp³-hybridized carbons (Fsp3) is 0.280. The summed E-state index contributed by atoms with van der Waals surface area (Å²) in [5.74, 6) is 0.342. The van der Waals surface area contributed by atoms with Gasteiger partial charge in [0, 0.05) is 12.5 Å². The molecule has 1 aliphatic heterocycles. The van der Waals surface area contributed by atoms with Crippen LogP contribution in [-0.2, 0) is 19.1 Å². The lowest BCUT2D eigenvalue weighted by atomic mass is 9.80. The normalized spacial score (nSPS) is 22.8. The number of ether oxygens (including phenoxy) is 4.